The molecule has 2 atom stereocenters. The number of aliphatic hydroxyl groups is 1. The number of halogens is 1. The molecule has 0 aromatic heterocycles. The first-order valence-electron chi connectivity index (χ1n) is 5.73. The van der Waals surface area contributed by atoms with E-state index in [0.717, 1.165) is 18.8 Å². The van der Waals surface area contributed by atoms with Gasteiger partial charge in [0.05, 0.1) is 0 Å². The number of hydrogen-bond acceptors (Lipinski definition) is 2. The van der Waals surface area contributed by atoms with E-state index < -0.39 is 5.60 Å². The van der Waals surface area contributed by atoms with E-state index >= 15 is 0 Å². The van der Waals surface area contributed by atoms with Gasteiger partial charge in [-0.05, 0) is 38.0 Å². The highest BCUT2D eigenvalue weighted by Crippen LogP contribution is 2.36. The van der Waals surface area contributed by atoms with Gasteiger partial charge in [-0.1, -0.05) is 29.0 Å². The molecule has 0 aromatic rings. The van der Waals surface area contributed by atoms with Crippen LogP contribution in [0.4, 0.5) is 0 Å². The maximum Gasteiger partial charge on any atom is 0.252 e. The zero-order chi connectivity index (χ0) is 10.9. The molecule has 0 spiro atoms. The summed E-state index contributed by atoms with van der Waals surface area (Å²) in [6.07, 6.45) is 5.94. The first kappa shape index (κ1) is 11.6. The van der Waals surface area contributed by atoms with Crippen molar-refractivity contribution >= 4 is 28.5 Å². The standard InChI is InChI=1S/C11H18INO2/c12-7-8-2-1-3-9(6-8)13-10(14)11(15)4-5-11/h8-9,15H,1-7H2,(H,13,14)/t8-,9+/m0/s1. The Morgan fingerprint density at radius 2 is 2.20 bits per heavy atom. The van der Waals surface area contributed by atoms with Crippen LogP contribution in [0, 0.1) is 5.92 Å². The molecule has 0 heterocycles. The Morgan fingerprint density at radius 1 is 1.47 bits per heavy atom. The molecule has 0 unspecified atom stereocenters. The summed E-state index contributed by atoms with van der Waals surface area (Å²) < 4.78 is 1.17. The van der Waals surface area contributed by atoms with Gasteiger partial charge in [0.15, 0.2) is 0 Å². The lowest BCUT2D eigenvalue weighted by atomic mass is 9.87. The van der Waals surface area contributed by atoms with Crippen molar-refractivity contribution in [2.75, 3.05) is 4.43 Å². The van der Waals surface area contributed by atoms with E-state index in [1.54, 1.807) is 0 Å². The molecule has 0 saturated heterocycles. The van der Waals surface area contributed by atoms with Crippen molar-refractivity contribution in [3.05, 3.63) is 0 Å². The number of hydrogen-bond donors (Lipinski definition) is 2. The monoisotopic (exact) mass is 323 g/mol. The molecule has 1 amide bonds. The summed E-state index contributed by atoms with van der Waals surface area (Å²) in [6, 6.07) is 0.302. The van der Waals surface area contributed by atoms with Crippen molar-refractivity contribution in [1.29, 1.82) is 0 Å². The molecule has 3 nitrogen and oxygen atoms in total. The van der Waals surface area contributed by atoms with E-state index in [0.29, 0.717) is 18.9 Å². The first-order valence-corrected chi connectivity index (χ1v) is 7.26. The van der Waals surface area contributed by atoms with Crippen molar-refractivity contribution in [2.45, 2.75) is 50.2 Å². The molecule has 0 bridgehead atoms. The molecule has 2 aliphatic carbocycles. The molecule has 2 fully saturated rings. The fourth-order valence-corrected chi connectivity index (χ4v) is 3.03. The average molecular weight is 323 g/mol. The van der Waals surface area contributed by atoms with Crippen LogP contribution in [0.2, 0.25) is 0 Å². The van der Waals surface area contributed by atoms with Crippen LogP contribution in [0.25, 0.3) is 0 Å². The predicted molar refractivity (Wildman–Crippen MR) is 67.0 cm³/mol. The summed E-state index contributed by atoms with van der Waals surface area (Å²) in [5.74, 6) is 0.611. The fourth-order valence-electron chi connectivity index (χ4n) is 2.23. The van der Waals surface area contributed by atoms with Crippen molar-refractivity contribution in [1.82, 2.24) is 5.32 Å². The Kier molecular flexibility index (Phi) is 3.55. The van der Waals surface area contributed by atoms with E-state index in [2.05, 4.69) is 27.9 Å². The second-order valence-electron chi connectivity index (χ2n) is 4.89. The summed E-state index contributed by atoms with van der Waals surface area (Å²) in [5, 5.41) is 12.6. The lowest BCUT2D eigenvalue weighted by Crippen LogP contribution is -2.44. The van der Waals surface area contributed by atoms with Crippen molar-refractivity contribution < 1.29 is 9.90 Å². The van der Waals surface area contributed by atoms with Crippen molar-refractivity contribution in [3.8, 4) is 0 Å². The molecular formula is C11H18INO2. The van der Waals surface area contributed by atoms with Gasteiger partial charge in [-0.2, -0.15) is 0 Å². The van der Waals surface area contributed by atoms with Gasteiger partial charge >= 0.3 is 0 Å². The number of nitrogens with one attached hydrogen (secondary N) is 1. The van der Waals surface area contributed by atoms with Crippen LogP contribution < -0.4 is 5.32 Å². The lowest BCUT2D eigenvalue weighted by molar-refractivity contribution is -0.132. The molecule has 2 rings (SSSR count). The molecule has 4 heteroatoms. The van der Waals surface area contributed by atoms with Crippen molar-refractivity contribution in [2.24, 2.45) is 5.92 Å². The van der Waals surface area contributed by atoms with Crippen LogP contribution in [0.1, 0.15) is 38.5 Å². The maximum absolute atomic E-state index is 11.6. The molecule has 2 saturated carbocycles. The minimum atomic E-state index is -1.00. The fraction of sp³-hybridized carbons (Fsp3) is 0.909. The number of carbonyl (C=O) groups excluding carboxylic acids is 1. The Hall–Kier alpha value is 0.160. The number of rotatable bonds is 3. The third-order valence-corrected chi connectivity index (χ3v) is 4.73. The van der Waals surface area contributed by atoms with Crippen LogP contribution in [0.3, 0.4) is 0 Å². The number of alkyl halides is 1. The van der Waals surface area contributed by atoms with Crippen LogP contribution in [-0.2, 0) is 4.79 Å². The highest BCUT2D eigenvalue weighted by Gasteiger charge is 2.48. The molecule has 0 aliphatic heterocycles. The Labute approximate surface area is 104 Å². The molecule has 2 aliphatic rings. The van der Waals surface area contributed by atoms with Gasteiger partial charge in [-0.3, -0.25) is 4.79 Å². The predicted octanol–water partition coefficient (Wildman–Crippen LogP) is 1.62. The minimum absolute atomic E-state index is 0.137. The smallest absolute Gasteiger partial charge is 0.252 e. The average Bonchev–Trinajstić information content (AvgIpc) is 2.98. The van der Waals surface area contributed by atoms with Gasteiger partial charge in [-0.25, -0.2) is 0 Å². The third-order valence-electron chi connectivity index (χ3n) is 3.48. The zero-order valence-corrected chi connectivity index (χ0v) is 11.0. The Bertz CT molecular complexity index is 253. The Balaban J connectivity index is 1.81. The van der Waals surface area contributed by atoms with Gasteiger partial charge in [0.2, 0.25) is 0 Å². The van der Waals surface area contributed by atoms with Gasteiger partial charge in [0, 0.05) is 10.5 Å². The second kappa shape index (κ2) is 4.57. The number of amides is 1. The molecule has 86 valence electrons. The second-order valence-corrected chi connectivity index (χ2v) is 5.77. The van der Waals surface area contributed by atoms with Crippen LogP contribution in [-0.4, -0.2) is 27.1 Å². The SMILES string of the molecule is O=C(N[C@@H]1CCC[C@H](CI)C1)C1(O)CC1. The minimum Gasteiger partial charge on any atom is -0.380 e. The van der Waals surface area contributed by atoms with Crippen LogP contribution in [0.15, 0.2) is 0 Å². The van der Waals surface area contributed by atoms with E-state index in [1.165, 1.54) is 17.3 Å². The molecule has 2 N–H and O–H groups in total. The molecule has 0 aromatic carbocycles. The quantitative estimate of drug-likeness (QED) is 0.613. The van der Waals surface area contributed by atoms with Crippen LogP contribution in [0.5, 0.6) is 0 Å². The third kappa shape index (κ3) is 2.84. The van der Waals surface area contributed by atoms with Gasteiger partial charge in [0.1, 0.15) is 5.60 Å². The zero-order valence-electron chi connectivity index (χ0n) is 8.84. The van der Waals surface area contributed by atoms with E-state index in [1.807, 2.05) is 0 Å². The van der Waals surface area contributed by atoms with Gasteiger partial charge < -0.3 is 10.4 Å². The van der Waals surface area contributed by atoms with Crippen LogP contribution >= 0.6 is 22.6 Å². The summed E-state index contributed by atoms with van der Waals surface area (Å²) in [5.41, 5.74) is -1.00. The molecule has 15 heavy (non-hydrogen) atoms. The largest absolute Gasteiger partial charge is 0.380 e. The molecular weight excluding hydrogens is 305 g/mol. The van der Waals surface area contributed by atoms with Gasteiger partial charge in [0.25, 0.3) is 5.91 Å². The summed E-state index contributed by atoms with van der Waals surface area (Å²) in [6.45, 7) is 0. The highest BCUT2D eigenvalue weighted by atomic mass is 127. The topological polar surface area (TPSA) is 49.3 Å². The van der Waals surface area contributed by atoms with Crippen molar-refractivity contribution in [3.63, 3.8) is 0 Å². The summed E-state index contributed by atoms with van der Waals surface area (Å²) in [7, 11) is 0. The number of carbonyl (C=O) groups is 1. The highest BCUT2D eigenvalue weighted by molar-refractivity contribution is 14.1. The first-order chi connectivity index (χ1) is 7.14. The van der Waals surface area contributed by atoms with E-state index in [9.17, 15) is 9.90 Å². The molecule has 0 radical (unpaired) electrons. The lowest BCUT2D eigenvalue weighted by Gasteiger charge is -2.29. The van der Waals surface area contributed by atoms with E-state index in [4.69, 9.17) is 0 Å². The van der Waals surface area contributed by atoms with E-state index in [-0.39, 0.29) is 5.91 Å². The summed E-state index contributed by atoms with van der Waals surface area (Å²) >= 11 is 2.42. The Morgan fingerprint density at radius 3 is 2.80 bits per heavy atom. The summed E-state index contributed by atoms with van der Waals surface area (Å²) in [4.78, 5) is 11.6. The maximum atomic E-state index is 11.6. The normalized spacial score (nSPS) is 33.5. The van der Waals surface area contributed by atoms with Gasteiger partial charge in [-0.15, -0.1) is 0 Å².